The summed E-state index contributed by atoms with van der Waals surface area (Å²) >= 11 is 0. The first-order valence-electron chi connectivity index (χ1n) is 6.10. The first-order valence-corrected chi connectivity index (χ1v) is 6.10. The highest BCUT2D eigenvalue weighted by Crippen LogP contribution is 2.09. The molecular formula is C14H19NO3. The SMILES string of the molecule is CC(C)N(CCCC(=O)O)C(=O)c1ccccc1. The first-order chi connectivity index (χ1) is 8.52. The molecule has 1 amide bonds. The molecule has 0 saturated carbocycles. The van der Waals surface area contributed by atoms with Crippen LogP contribution in [0.2, 0.25) is 0 Å². The lowest BCUT2D eigenvalue weighted by molar-refractivity contribution is -0.137. The maximum absolute atomic E-state index is 12.2. The van der Waals surface area contributed by atoms with Crippen LogP contribution in [0.3, 0.4) is 0 Å². The third kappa shape index (κ3) is 4.20. The number of aliphatic carboxylic acids is 1. The smallest absolute Gasteiger partial charge is 0.303 e. The van der Waals surface area contributed by atoms with Crippen LogP contribution in [0.1, 0.15) is 37.0 Å². The molecule has 0 saturated heterocycles. The fraction of sp³-hybridized carbons (Fsp3) is 0.429. The van der Waals surface area contributed by atoms with Gasteiger partial charge in [0.25, 0.3) is 5.91 Å². The number of hydrogen-bond donors (Lipinski definition) is 1. The predicted octanol–water partition coefficient (Wildman–Crippen LogP) is 2.40. The predicted molar refractivity (Wildman–Crippen MR) is 69.5 cm³/mol. The summed E-state index contributed by atoms with van der Waals surface area (Å²) in [5.41, 5.74) is 0.640. The Morgan fingerprint density at radius 1 is 1.22 bits per heavy atom. The number of carbonyl (C=O) groups is 2. The van der Waals surface area contributed by atoms with E-state index in [4.69, 9.17) is 5.11 Å². The molecule has 1 rings (SSSR count). The minimum absolute atomic E-state index is 0.0454. The molecule has 18 heavy (non-hydrogen) atoms. The molecule has 98 valence electrons. The molecule has 0 atom stereocenters. The van der Waals surface area contributed by atoms with E-state index in [1.807, 2.05) is 32.0 Å². The topological polar surface area (TPSA) is 57.6 Å². The first kappa shape index (κ1) is 14.2. The molecule has 1 aromatic rings. The van der Waals surface area contributed by atoms with Crippen molar-refractivity contribution in [2.24, 2.45) is 0 Å². The van der Waals surface area contributed by atoms with Crippen LogP contribution in [0.15, 0.2) is 30.3 Å². The van der Waals surface area contributed by atoms with Gasteiger partial charge >= 0.3 is 5.97 Å². The molecule has 0 heterocycles. The van der Waals surface area contributed by atoms with Crippen LogP contribution in [0.4, 0.5) is 0 Å². The minimum atomic E-state index is -0.828. The van der Waals surface area contributed by atoms with Crippen molar-refractivity contribution in [3.05, 3.63) is 35.9 Å². The summed E-state index contributed by atoms with van der Waals surface area (Å²) in [4.78, 5) is 24.4. The van der Waals surface area contributed by atoms with Crippen molar-refractivity contribution in [2.75, 3.05) is 6.54 Å². The molecule has 0 aliphatic heterocycles. The lowest BCUT2D eigenvalue weighted by Crippen LogP contribution is -2.37. The van der Waals surface area contributed by atoms with Gasteiger partial charge in [-0.25, -0.2) is 0 Å². The second-order valence-electron chi connectivity index (χ2n) is 4.46. The molecule has 4 heteroatoms. The molecular weight excluding hydrogens is 230 g/mol. The van der Waals surface area contributed by atoms with E-state index in [0.717, 1.165) is 0 Å². The maximum Gasteiger partial charge on any atom is 0.303 e. The zero-order valence-corrected chi connectivity index (χ0v) is 10.8. The van der Waals surface area contributed by atoms with Crippen LogP contribution >= 0.6 is 0 Å². The van der Waals surface area contributed by atoms with E-state index < -0.39 is 5.97 Å². The van der Waals surface area contributed by atoms with E-state index in [2.05, 4.69) is 0 Å². The molecule has 0 unspecified atom stereocenters. The standard InChI is InChI=1S/C14H19NO3/c1-11(2)15(10-6-9-13(16)17)14(18)12-7-4-3-5-8-12/h3-5,7-8,11H,6,9-10H2,1-2H3,(H,16,17). The molecule has 0 spiro atoms. The zero-order chi connectivity index (χ0) is 13.5. The second kappa shape index (κ2) is 6.79. The number of carboxylic acid groups (broad SMARTS) is 1. The molecule has 0 aliphatic carbocycles. The third-order valence-electron chi connectivity index (χ3n) is 2.69. The Labute approximate surface area is 107 Å². The number of amides is 1. The summed E-state index contributed by atoms with van der Waals surface area (Å²) < 4.78 is 0. The van der Waals surface area contributed by atoms with Crippen molar-refractivity contribution in [2.45, 2.75) is 32.7 Å². The fourth-order valence-electron chi connectivity index (χ4n) is 1.74. The number of nitrogens with zero attached hydrogens (tertiary/aromatic N) is 1. The Kier molecular flexibility index (Phi) is 5.36. The van der Waals surface area contributed by atoms with Gasteiger partial charge in [-0.05, 0) is 32.4 Å². The van der Waals surface area contributed by atoms with Crippen LogP contribution in [-0.2, 0) is 4.79 Å². The van der Waals surface area contributed by atoms with Gasteiger partial charge < -0.3 is 10.0 Å². The normalized spacial score (nSPS) is 10.4. The molecule has 0 fully saturated rings. The van der Waals surface area contributed by atoms with Crippen LogP contribution in [0.25, 0.3) is 0 Å². The number of hydrogen-bond acceptors (Lipinski definition) is 2. The lowest BCUT2D eigenvalue weighted by atomic mass is 10.1. The van der Waals surface area contributed by atoms with Gasteiger partial charge in [-0.3, -0.25) is 9.59 Å². The van der Waals surface area contributed by atoms with E-state index in [1.54, 1.807) is 17.0 Å². The largest absolute Gasteiger partial charge is 0.481 e. The van der Waals surface area contributed by atoms with E-state index in [9.17, 15) is 9.59 Å². The highest BCUT2D eigenvalue weighted by atomic mass is 16.4. The fourth-order valence-corrected chi connectivity index (χ4v) is 1.74. The quantitative estimate of drug-likeness (QED) is 0.842. The molecule has 0 aliphatic rings. The van der Waals surface area contributed by atoms with Crippen LogP contribution in [0, 0.1) is 0 Å². The summed E-state index contributed by atoms with van der Waals surface area (Å²) in [6.07, 6.45) is 0.567. The molecule has 1 aromatic carbocycles. The summed E-state index contributed by atoms with van der Waals surface area (Å²) in [5, 5.41) is 8.62. The number of rotatable bonds is 6. The minimum Gasteiger partial charge on any atom is -0.481 e. The second-order valence-corrected chi connectivity index (χ2v) is 4.46. The van der Waals surface area contributed by atoms with Crippen LogP contribution in [0.5, 0.6) is 0 Å². The van der Waals surface area contributed by atoms with Crippen molar-refractivity contribution >= 4 is 11.9 Å². The van der Waals surface area contributed by atoms with Gasteiger partial charge in [-0.1, -0.05) is 18.2 Å². The summed E-state index contributed by atoms with van der Waals surface area (Å²) in [7, 11) is 0. The van der Waals surface area contributed by atoms with Crippen molar-refractivity contribution in [1.29, 1.82) is 0 Å². The van der Waals surface area contributed by atoms with Crippen molar-refractivity contribution in [1.82, 2.24) is 4.90 Å². The molecule has 4 nitrogen and oxygen atoms in total. The molecule has 0 radical (unpaired) electrons. The van der Waals surface area contributed by atoms with Crippen molar-refractivity contribution in [3.8, 4) is 0 Å². The molecule has 1 N–H and O–H groups in total. The lowest BCUT2D eigenvalue weighted by Gasteiger charge is -2.26. The van der Waals surface area contributed by atoms with Gasteiger partial charge in [-0.2, -0.15) is 0 Å². The Bertz CT molecular complexity index is 401. The maximum atomic E-state index is 12.2. The van der Waals surface area contributed by atoms with E-state index in [0.29, 0.717) is 18.5 Å². The third-order valence-corrected chi connectivity index (χ3v) is 2.69. The monoisotopic (exact) mass is 249 g/mol. The van der Waals surface area contributed by atoms with Crippen molar-refractivity contribution < 1.29 is 14.7 Å². The van der Waals surface area contributed by atoms with Gasteiger partial charge in [-0.15, -0.1) is 0 Å². The highest BCUT2D eigenvalue weighted by Gasteiger charge is 2.18. The Balaban J connectivity index is 2.67. The zero-order valence-electron chi connectivity index (χ0n) is 10.8. The molecule has 0 bridgehead atoms. The van der Waals surface area contributed by atoms with Gasteiger partial charge in [0.1, 0.15) is 0 Å². The van der Waals surface area contributed by atoms with Crippen LogP contribution < -0.4 is 0 Å². The van der Waals surface area contributed by atoms with Gasteiger partial charge in [0, 0.05) is 24.6 Å². The van der Waals surface area contributed by atoms with Crippen molar-refractivity contribution in [3.63, 3.8) is 0 Å². The highest BCUT2D eigenvalue weighted by molar-refractivity contribution is 5.94. The van der Waals surface area contributed by atoms with E-state index in [1.165, 1.54) is 0 Å². The number of carboxylic acids is 1. The Hall–Kier alpha value is -1.84. The summed E-state index contributed by atoms with van der Waals surface area (Å²) in [6, 6.07) is 9.11. The number of carbonyl (C=O) groups excluding carboxylic acids is 1. The Morgan fingerprint density at radius 3 is 2.33 bits per heavy atom. The van der Waals surface area contributed by atoms with Gasteiger partial charge in [0.15, 0.2) is 0 Å². The molecule has 0 aromatic heterocycles. The number of benzene rings is 1. The van der Waals surface area contributed by atoms with Crippen LogP contribution in [-0.4, -0.2) is 34.5 Å². The van der Waals surface area contributed by atoms with E-state index in [-0.39, 0.29) is 18.4 Å². The summed E-state index contributed by atoms with van der Waals surface area (Å²) in [5.74, 6) is -0.873. The average molecular weight is 249 g/mol. The van der Waals surface area contributed by atoms with E-state index >= 15 is 0 Å². The summed E-state index contributed by atoms with van der Waals surface area (Å²) in [6.45, 7) is 4.33. The average Bonchev–Trinajstić information content (AvgIpc) is 2.34. The van der Waals surface area contributed by atoms with Gasteiger partial charge in [0.2, 0.25) is 0 Å². The van der Waals surface area contributed by atoms with Gasteiger partial charge in [0.05, 0.1) is 0 Å². The Morgan fingerprint density at radius 2 is 1.83 bits per heavy atom.